The second-order valence-corrected chi connectivity index (χ2v) is 8.47. The van der Waals surface area contributed by atoms with Crippen molar-refractivity contribution in [3.63, 3.8) is 0 Å². The minimum atomic E-state index is -3.11. The summed E-state index contributed by atoms with van der Waals surface area (Å²) < 4.78 is 22.9. The maximum Gasteiger partial charge on any atom is 0.326 e. The molecule has 1 rings (SSSR count). The molecule has 0 radical (unpaired) electrons. The van der Waals surface area contributed by atoms with E-state index in [9.17, 15) is 23.1 Å². The Morgan fingerprint density at radius 3 is 2.30 bits per heavy atom. The van der Waals surface area contributed by atoms with Crippen molar-refractivity contribution < 1.29 is 23.1 Å². The summed E-state index contributed by atoms with van der Waals surface area (Å²) in [6.07, 6.45) is 0. The molecular formula is C12H22N2O5S. The van der Waals surface area contributed by atoms with Gasteiger partial charge in [0, 0.05) is 12.6 Å². The molecule has 0 aromatic rings. The van der Waals surface area contributed by atoms with Gasteiger partial charge in [-0.25, -0.2) is 18.0 Å². The average Bonchev–Trinajstić information content (AvgIpc) is 2.22. The first-order valence-electron chi connectivity index (χ1n) is 6.44. The second kappa shape index (κ2) is 5.59. The lowest BCUT2D eigenvalue weighted by atomic mass is 9.87. The number of nitrogens with zero attached hydrogens (tertiary/aromatic N) is 1. The smallest absolute Gasteiger partial charge is 0.326 e. The zero-order valence-corrected chi connectivity index (χ0v) is 13.0. The van der Waals surface area contributed by atoms with E-state index < -0.39 is 39.3 Å². The van der Waals surface area contributed by atoms with Gasteiger partial charge in [-0.1, -0.05) is 20.8 Å². The highest BCUT2D eigenvalue weighted by Crippen LogP contribution is 2.20. The van der Waals surface area contributed by atoms with Crippen molar-refractivity contribution in [2.24, 2.45) is 5.41 Å². The van der Waals surface area contributed by atoms with Gasteiger partial charge in [-0.05, 0) is 12.3 Å². The highest BCUT2D eigenvalue weighted by molar-refractivity contribution is 7.91. The second-order valence-electron chi connectivity index (χ2n) is 6.24. The number of aliphatic carboxylic acids is 1. The van der Waals surface area contributed by atoms with Crippen molar-refractivity contribution in [1.29, 1.82) is 0 Å². The predicted molar refractivity (Wildman–Crippen MR) is 74.2 cm³/mol. The predicted octanol–water partition coefficient (Wildman–Crippen LogP) is 0.314. The Balaban J connectivity index is 2.78. The maximum absolute atomic E-state index is 12.1. The lowest BCUT2D eigenvalue weighted by molar-refractivity contribution is -0.142. The molecule has 0 aromatic carbocycles. The Kier molecular flexibility index (Phi) is 4.68. The molecule has 0 saturated carbocycles. The van der Waals surface area contributed by atoms with Gasteiger partial charge in [0.15, 0.2) is 9.84 Å². The highest BCUT2D eigenvalue weighted by atomic mass is 32.2. The average molecular weight is 306 g/mol. The van der Waals surface area contributed by atoms with Crippen LogP contribution in [-0.2, 0) is 14.6 Å². The van der Waals surface area contributed by atoms with Crippen LogP contribution in [0.1, 0.15) is 27.7 Å². The van der Waals surface area contributed by atoms with E-state index in [2.05, 4.69) is 5.32 Å². The van der Waals surface area contributed by atoms with Gasteiger partial charge < -0.3 is 15.3 Å². The van der Waals surface area contributed by atoms with E-state index in [4.69, 9.17) is 0 Å². The number of nitrogens with one attached hydrogen (secondary N) is 1. The van der Waals surface area contributed by atoms with Crippen LogP contribution in [0.25, 0.3) is 0 Å². The van der Waals surface area contributed by atoms with Crippen LogP contribution in [0.4, 0.5) is 4.79 Å². The van der Waals surface area contributed by atoms with Crippen molar-refractivity contribution >= 4 is 21.8 Å². The van der Waals surface area contributed by atoms with Crippen LogP contribution in [0, 0.1) is 5.41 Å². The molecule has 1 unspecified atom stereocenters. The number of carboxylic acids is 1. The topological polar surface area (TPSA) is 104 Å². The molecule has 0 aromatic heterocycles. The van der Waals surface area contributed by atoms with Crippen molar-refractivity contribution in [1.82, 2.24) is 10.2 Å². The highest BCUT2D eigenvalue weighted by Gasteiger charge is 2.37. The SMILES string of the molecule is CC1CS(=O)(=O)CCN1C(=O)N[C@H](C(=O)O)C(C)(C)C. The molecule has 2 amide bonds. The van der Waals surface area contributed by atoms with E-state index in [1.165, 1.54) is 4.90 Å². The quantitative estimate of drug-likeness (QED) is 0.764. The molecule has 1 fully saturated rings. The summed E-state index contributed by atoms with van der Waals surface area (Å²) in [4.78, 5) is 24.7. The standard InChI is InChI=1S/C12H22N2O5S/c1-8-7-20(18,19)6-5-14(8)11(17)13-9(10(15)16)12(2,3)4/h8-9H,5-7H2,1-4H3,(H,13,17)(H,15,16)/t8?,9-/m1/s1. The summed E-state index contributed by atoms with van der Waals surface area (Å²) in [5, 5.41) is 11.7. The molecule has 2 N–H and O–H groups in total. The van der Waals surface area contributed by atoms with Crippen LogP contribution in [0.3, 0.4) is 0 Å². The van der Waals surface area contributed by atoms with Gasteiger partial charge in [-0.2, -0.15) is 0 Å². The third kappa shape index (κ3) is 4.09. The number of amides is 2. The summed E-state index contributed by atoms with van der Waals surface area (Å²) in [5.41, 5.74) is -0.632. The number of sulfone groups is 1. The zero-order chi connectivity index (χ0) is 15.7. The van der Waals surface area contributed by atoms with Crippen LogP contribution in [-0.4, -0.2) is 60.6 Å². The zero-order valence-electron chi connectivity index (χ0n) is 12.2. The Bertz CT molecular complexity index is 494. The fourth-order valence-electron chi connectivity index (χ4n) is 2.16. The number of hydrogen-bond donors (Lipinski definition) is 2. The molecular weight excluding hydrogens is 284 g/mol. The van der Waals surface area contributed by atoms with Crippen LogP contribution in [0.15, 0.2) is 0 Å². The number of carbonyl (C=O) groups excluding carboxylic acids is 1. The van der Waals surface area contributed by atoms with Crippen molar-refractivity contribution in [2.45, 2.75) is 39.8 Å². The van der Waals surface area contributed by atoms with E-state index in [-0.39, 0.29) is 18.1 Å². The van der Waals surface area contributed by atoms with Crippen LogP contribution in [0.2, 0.25) is 0 Å². The Hall–Kier alpha value is -1.31. The Morgan fingerprint density at radius 2 is 1.90 bits per heavy atom. The molecule has 8 heteroatoms. The van der Waals surface area contributed by atoms with Crippen molar-refractivity contribution in [3.05, 3.63) is 0 Å². The number of carboxylic acid groups (broad SMARTS) is 1. The number of rotatable bonds is 2. The number of hydrogen-bond acceptors (Lipinski definition) is 4. The number of urea groups is 1. The molecule has 2 atom stereocenters. The lowest BCUT2D eigenvalue weighted by Gasteiger charge is -2.36. The maximum atomic E-state index is 12.1. The van der Waals surface area contributed by atoms with Gasteiger partial charge in [0.2, 0.25) is 0 Å². The third-order valence-corrected chi connectivity index (χ3v) is 5.11. The van der Waals surface area contributed by atoms with E-state index >= 15 is 0 Å². The van der Waals surface area contributed by atoms with E-state index in [1.54, 1.807) is 27.7 Å². The third-order valence-electron chi connectivity index (χ3n) is 3.31. The van der Waals surface area contributed by atoms with Gasteiger partial charge in [0.25, 0.3) is 0 Å². The van der Waals surface area contributed by atoms with Crippen LogP contribution >= 0.6 is 0 Å². The van der Waals surface area contributed by atoms with E-state index in [0.29, 0.717) is 0 Å². The Morgan fingerprint density at radius 1 is 1.35 bits per heavy atom. The van der Waals surface area contributed by atoms with Crippen molar-refractivity contribution in [3.8, 4) is 0 Å². The fraction of sp³-hybridized carbons (Fsp3) is 0.833. The molecule has 20 heavy (non-hydrogen) atoms. The fourth-order valence-corrected chi connectivity index (χ4v) is 3.71. The summed E-state index contributed by atoms with van der Waals surface area (Å²) in [6, 6.07) is -2.02. The Labute approximate surface area is 119 Å². The van der Waals surface area contributed by atoms with Crippen LogP contribution in [0.5, 0.6) is 0 Å². The molecule has 1 aliphatic heterocycles. The monoisotopic (exact) mass is 306 g/mol. The summed E-state index contributed by atoms with van der Waals surface area (Å²) in [7, 11) is -3.11. The van der Waals surface area contributed by atoms with E-state index in [1.807, 2.05) is 0 Å². The van der Waals surface area contributed by atoms with E-state index in [0.717, 1.165) is 0 Å². The minimum Gasteiger partial charge on any atom is -0.480 e. The lowest BCUT2D eigenvalue weighted by Crippen LogP contribution is -2.58. The van der Waals surface area contributed by atoms with Gasteiger partial charge in [0.05, 0.1) is 11.5 Å². The summed E-state index contributed by atoms with van der Waals surface area (Å²) in [5.74, 6) is -1.28. The molecule has 1 saturated heterocycles. The van der Waals surface area contributed by atoms with Crippen molar-refractivity contribution in [2.75, 3.05) is 18.1 Å². The molecule has 0 bridgehead atoms. The summed E-state index contributed by atoms with van der Waals surface area (Å²) in [6.45, 7) is 6.89. The van der Waals surface area contributed by atoms with Crippen LogP contribution < -0.4 is 5.32 Å². The molecule has 1 aliphatic rings. The molecule has 1 heterocycles. The van der Waals surface area contributed by atoms with Gasteiger partial charge in [-0.15, -0.1) is 0 Å². The first kappa shape index (κ1) is 16.7. The normalized spacial score (nSPS) is 24.0. The molecule has 0 spiro atoms. The first-order valence-corrected chi connectivity index (χ1v) is 8.26. The van der Waals surface area contributed by atoms with Gasteiger partial charge >= 0.3 is 12.0 Å². The van der Waals surface area contributed by atoms with Gasteiger partial charge in [-0.3, -0.25) is 0 Å². The number of carbonyl (C=O) groups is 2. The summed E-state index contributed by atoms with van der Waals surface area (Å²) >= 11 is 0. The largest absolute Gasteiger partial charge is 0.480 e. The van der Waals surface area contributed by atoms with Gasteiger partial charge in [0.1, 0.15) is 6.04 Å². The molecule has 7 nitrogen and oxygen atoms in total. The first-order chi connectivity index (χ1) is 8.94. The molecule has 0 aliphatic carbocycles. The minimum absolute atomic E-state index is 0.0853. The molecule has 116 valence electrons.